The normalized spacial score (nSPS) is 33.7. The Labute approximate surface area is 78.1 Å². The maximum Gasteiger partial charge on any atom is 0.250 e. The topological polar surface area (TPSA) is 20.2 Å². The Hall–Kier alpha value is -0.180. The third kappa shape index (κ3) is 3.22. The zero-order valence-electron chi connectivity index (χ0n) is 8.32. The van der Waals surface area contributed by atoms with Crippen LogP contribution < -0.4 is 0 Å². The molecule has 0 radical (unpaired) electrons. The van der Waals surface area contributed by atoms with Crippen LogP contribution in [0.4, 0.5) is 8.78 Å². The van der Waals surface area contributed by atoms with Gasteiger partial charge in [0.2, 0.25) is 0 Å². The standard InChI is InChI=1S/C10H18F2O/c1-8(2)6-9(13)4-3-5-10(11,12)7-9/h8,13H,3-7H2,1-2H3/t9-/m1/s1. The molecule has 0 unspecified atom stereocenters. The molecule has 1 nitrogen and oxygen atoms in total. The van der Waals surface area contributed by atoms with Crippen LogP contribution in [0, 0.1) is 5.92 Å². The van der Waals surface area contributed by atoms with Gasteiger partial charge in [-0.3, -0.25) is 0 Å². The molecule has 1 N–H and O–H groups in total. The van der Waals surface area contributed by atoms with E-state index in [0.717, 1.165) is 0 Å². The zero-order valence-corrected chi connectivity index (χ0v) is 8.32. The fraction of sp³-hybridized carbons (Fsp3) is 1.00. The zero-order chi connectivity index (χ0) is 10.1. The van der Waals surface area contributed by atoms with Gasteiger partial charge in [-0.2, -0.15) is 0 Å². The Morgan fingerprint density at radius 3 is 2.38 bits per heavy atom. The fourth-order valence-electron chi connectivity index (χ4n) is 2.27. The Balaban J connectivity index is 2.58. The highest BCUT2D eigenvalue weighted by Crippen LogP contribution is 2.41. The van der Waals surface area contributed by atoms with Gasteiger partial charge in [-0.05, 0) is 25.2 Å². The van der Waals surface area contributed by atoms with E-state index < -0.39 is 11.5 Å². The van der Waals surface area contributed by atoms with Crippen molar-refractivity contribution in [1.29, 1.82) is 0 Å². The van der Waals surface area contributed by atoms with E-state index >= 15 is 0 Å². The molecule has 1 saturated carbocycles. The summed E-state index contributed by atoms with van der Waals surface area (Å²) >= 11 is 0. The van der Waals surface area contributed by atoms with E-state index in [1.54, 1.807) is 0 Å². The van der Waals surface area contributed by atoms with Crippen LogP contribution in [-0.4, -0.2) is 16.6 Å². The molecular weight excluding hydrogens is 174 g/mol. The molecule has 0 spiro atoms. The molecule has 78 valence electrons. The molecule has 1 rings (SSSR count). The summed E-state index contributed by atoms with van der Waals surface area (Å²) in [7, 11) is 0. The Kier molecular flexibility index (Phi) is 2.95. The summed E-state index contributed by atoms with van der Waals surface area (Å²) in [6, 6.07) is 0. The van der Waals surface area contributed by atoms with Gasteiger partial charge in [-0.15, -0.1) is 0 Å². The summed E-state index contributed by atoms with van der Waals surface area (Å²) in [5.41, 5.74) is -1.12. The molecule has 0 aromatic heterocycles. The van der Waals surface area contributed by atoms with E-state index in [-0.39, 0.29) is 18.8 Å². The minimum atomic E-state index is -2.65. The smallest absolute Gasteiger partial charge is 0.250 e. The van der Waals surface area contributed by atoms with Gasteiger partial charge in [0, 0.05) is 12.8 Å². The molecule has 1 aliphatic rings. The number of rotatable bonds is 2. The van der Waals surface area contributed by atoms with Gasteiger partial charge < -0.3 is 5.11 Å². The van der Waals surface area contributed by atoms with Gasteiger partial charge in [0.25, 0.3) is 5.92 Å². The van der Waals surface area contributed by atoms with Crippen LogP contribution in [0.15, 0.2) is 0 Å². The highest BCUT2D eigenvalue weighted by atomic mass is 19.3. The number of aliphatic hydroxyl groups is 1. The fourth-order valence-corrected chi connectivity index (χ4v) is 2.27. The van der Waals surface area contributed by atoms with E-state index in [0.29, 0.717) is 19.3 Å². The second-order valence-electron chi connectivity index (χ2n) is 4.71. The van der Waals surface area contributed by atoms with E-state index in [9.17, 15) is 13.9 Å². The molecular formula is C10H18F2O. The maximum atomic E-state index is 13.0. The maximum absolute atomic E-state index is 13.0. The van der Waals surface area contributed by atoms with Crippen molar-refractivity contribution in [3.05, 3.63) is 0 Å². The first-order chi connectivity index (χ1) is 5.83. The van der Waals surface area contributed by atoms with Crippen LogP contribution in [0.3, 0.4) is 0 Å². The van der Waals surface area contributed by atoms with Crippen LogP contribution >= 0.6 is 0 Å². The third-order valence-corrected chi connectivity index (χ3v) is 2.56. The van der Waals surface area contributed by atoms with E-state index in [2.05, 4.69) is 0 Å². The highest BCUT2D eigenvalue weighted by Gasteiger charge is 2.44. The largest absolute Gasteiger partial charge is 0.390 e. The number of alkyl halides is 2. The summed E-state index contributed by atoms with van der Waals surface area (Å²) in [6.45, 7) is 3.90. The number of hydrogen-bond acceptors (Lipinski definition) is 1. The summed E-state index contributed by atoms with van der Waals surface area (Å²) in [5, 5.41) is 9.90. The Morgan fingerprint density at radius 2 is 1.92 bits per heavy atom. The van der Waals surface area contributed by atoms with Crippen LogP contribution in [0.2, 0.25) is 0 Å². The summed E-state index contributed by atoms with van der Waals surface area (Å²) in [5.74, 6) is -2.37. The molecule has 0 aromatic carbocycles. The number of halogens is 2. The van der Waals surface area contributed by atoms with Crippen molar-refractivity contribution in [3.8, 4) is 0 Å². The molecule has 3 heteroatoms. The van der Waals surface area contributed by atoms with Gasteiger partial charge in [0.05, 0.1) is 5.60 Å². The number of hydrogen-bond donors (Lipinski definition) is 1. The molecule has 0 bridgehead atoms. The minimum absolute atomic E-state index is 0.0621. The van der Waals surface area contributed by atoms with E-state index in [1.165, 1.54) is 0 Å². The van der Waals surface area contributed by atoms with Gasteiger partial charge in [0.15, 0.2) is 0 Å². The average molecular weight is 192 g/mol. The Bertz CT molecular complexity index is 180. The summed E-state index contributed by atoms with van der Waals surface area (Å²) in [4.78, 5) is 0. The van der Waals surface area contributed by atoms with Crippen LogP contribution in [0.5, 0.6) is 0 Å². The molecule has 0 saturated heterocycles. The van der Waals surface area contributed by atoms with Crippen molar-refractivity contribution in [3.63, 3.8) is 0 Å². The minimum Gasteiger partial charge on any atom is -0.390 e. The quantitative estimate of drug-likeness (QED) is 0.713. The second-order valence-corrected chi connectivity index (χ2v) is 4.71. The summed E-state index contributed by atoms with van der Waals surface area (Å²) < 4.78 is 26.0. The molecule has 0 aromatic rings. The van der Waals surface area contributed by atoms with E-state index in [4.69, 9.17) is 0 Å². The van der Waals surface area contributed by atoms with Crippen molar-refractivity contribution in [2.24, 2.45) is 5.92 Å². The predicted octanol–water partition coefficient (Wildman–Crippen LogP) is 2.97. The van der Waals surface area contributed by atoms with Crippen molar-refractivity contribution >= 4 is 0 Å². The van der Waals surface area contributed by atoms with Gasteiger partial charge >= 0.3 is 0 Å². The van der Waals surface area contributed by atoms with Crippen molar-refractivity contribution in [2.45, 2.75) is 57.5 Å². The van der Waals surface area contributed by atoms with Gasteiger partial charge in [-0.25, -0.2) is 8.78 Å². The first kappa shape index (κ1) is 10.9. The van der Waals surface area contributed by atoms with Crippen LogP contribution in [0.25, 0.3) is 0 Å². The van der Waals surface area contributed by atoms with Crippen molar-refractivity contribution in [1.82, 2.24) is 0 Å². The average Bonchev–Trinajstić information content (AvgIpc) is 1.79. The molecule has 1 aliphatic carbocycles. The lowest BCUT2D eigenvalue weighted by atomic mass is 9.78. The van der Waals surface area contributed by atoms with Crippen LogP contribution in [-0.2, 0) is 0 Å². The lowest BCUT2D eigenvalue weighted by molar-refractivity contribution is -0.130. The lowest BCUT2D eigenvalue weighted by Crippen LogP contribution is -2.41. The molecule has 0 amide bonds. The molecule has 13 heavy (non-hydrogen) atoms. The molecule has 0 heterocycles. The third-order valence-electron chi connectivity index (χ3n) is 2.56. The first-order valence-corrected chi connectivity index (χ1v) is 4.93. The van der Waals surface area contributed by atoms with Gasteiger partial charge in [0.1, 0.15) is 0 Å². The van der Waals surface area contributed by atoms with Gasteiger partial charge in [-0.1, -0.05) is 13.8 Å². The molecule has 1 fully saturated rings. The van der Waals surface area contributed by atoms with Crippen molar-refractivity contribution in [2.75, 3.05) is 0 Å². The highest BCUT2D eigenvalue weighted by molar-refractivity contribution is 4.90. The monoisotopic (exact) mass is 192 g/mol. The summed E-state index contributed by atoms with van der Waals surface area (Å²) in [6.07, 6.45) is 1.05. The van der Waals surface area contributed by atoms with E-state index in [1.807, 2.05) is 13.8 Å². The molecule has 0 aliphatic heterocycles. The van der Waals surface area contributed by atoms with Crippen molar-refractivity contribution < 1.29 is 13.9 Å². The lowest BCUT2D eigenvalue weighted by Gasteiger charge is -2.37. The predicted molar refractivity (Wildman–Crippen MR) is 47.8 cm³/mol. The first-order valence-electron chi connectivity index (χ1n) is 4.93. The van der Waals surface area contributed by atoms with Crippen LogP contribution in [0.1, 0.15) is 46.0 Å². The Morgan fingerprint density at radius 1 is 1.31 bits per heavy atom. The molecule has 1 atom stereocenters. The SMILES string of the molecule is CC(C)C[C@]1(O)CCCC(F)(F)C1. The second kappa shape index (κ2) is 3.52.